The predicted octanol–water partition coefficient (Wildman–Crippen LogP) is 2.44. The van der Waals surface area contributed by atoms with Crippen LogP contribution >= 0.6 is 0 Å². The number of hydrogen-bond acceptors (Lipinski definition) is 4. The highest BCUT2D eigenvalue weighted by Gasteiger charge is 2.25. The molecule has 0 unspecified atom stereocenters. The lowest BCUT2D eigenvalue weighted by atomic mass is 10.1. The third-order valence-corrected chi connectivity index (χ3v) is 5.53. The van der Waals surface area contributed by atoms with Crippen LogP contribution < -0.4 is 15.1 Å². The minimum atomic E-state index is 0.0685. The number of carbonyl (C=O) groups excluding carboxylic acids is 1. The van der Waals surface area contributed by atoms with Crippen LogP contribution in [0, 0.1) is 5.92 Å². The molecule has 2 fully saturated rings. The third-order valence-electron chi connectivity index (χ3n) is 5.53. The van der Waals surface area contributed by atoms with Gasteiger partial charge in [0.2, 0.25) is 0 Å². The molecular formula is C21H27N5O. The van der Waals surface area contributed by atoms with Gasteiger partial charge in [0, 0.05) is 57.7 Å². The van der Waals surface area contributed by atoms with Crippen molar-refractivity contribution in [2.45, 2.75) is 6.42 Å². The van der Waals surface area contributed by atoms with Crippen molar-refractivity contribution < 1.29 is 4.79 Å². The molecule has 2 saturated heterocycles. The second-order valence-corrected chi connectivity index (χ2v) is 7.31. The van der Waals surface area contributed by atoms with Crippen molar-refractivity contribution >= 4 is 17.4 Å². The second-order valence-electron chi connectivity index (χ2n) is 7.31. The second kappa shape index (κ2) is 8.29. The first-order valence-electron chi connectivity index (χ1n) is 9.77. The first-order valence-corrected chi connectivity index (χ1v) is 9.77. The first-order chi connectivity index (χ1) is 13.3. The van der Waals surface area contributed by atoms with E-state index in [1.54, 1.807) is 6.20 Å². The molecule has 1 aromatic carbocycles. The number of aromatic nitrogens is 1. The van der Waals surface area contributed by atoms with Crippen LogP contribution in [-0.2, 0) is 0 Å². The molecule has 6 nitrogen and oxygen atoms in total. The zero-order valence-corrected chi connectivity index (χ0v) is 15.6. The molecule has 142 valence electrons. The Hall–Kier alpha value is -2.76. The van der Waals surface area contributed by atoms with Crippen LogP contribution in [-0.4, -0.2) is 61.7 Å². The van der Waals surface area contributed by atoms with E-state index in [0.29, 0.717) is 5.92 Å². The fraction of sp³-hybridized carbons (Fsp3) is 0.429. The van der Waals surface area contributed by atoms with Crippen molar-refractivity contribution in [2.24, 2.45) is 5.92 Å². The van der Waals surface area contributed by atoms with Gasteiger partial charge < -0.3 is 20.0 Å². The van der Waals surface area contributed by atoms with E-state index in [2.05, 4.69) is 50.4 Å². The minimum absolute atomic E-state index is 0.0685. The molecule has 0 saturated carbocycles. The fourth-order valence-corrected chi connectivity index (χ4v) is 3.92. The summed E-state index contributed by atoms with van der Waals surface area (Å²) in [5.41, 5.74) is 2.40. The summed E-state index contributed by atoms with van der Waals surface area (Å²) in [6.07, 6.45) is 4.80. The Morgan fingerprint density at radius 3 is 2.48 bits per heavy atom. The summed E-state index contributed by atoms with van der Waals surface area (Å²) in [7, 11) is 0. The molecule has 4 rings (SSSR count). The maximum atomic E-state index is 12.5. The maximum absolute atomic E-state index is 12.5. The summed E-state index contributed by atoms with van der Waals surface area (Å²) in [5, 5.41) is 3.15. The van der Waals surface area contributed by atoms with Crippen LogP contribution in [0.5, 0.6) is 0 Å². The molecule has 3 heterocycles. The van der Waals surface area contributed by atoms with Crippen LogP contribution in [0.25, 0.3) is 0 Å². The predicted molar refractivity (Wildman–Crippen MR) is 108 cm³/mol. The van der Waals surface area contributed by atoms with Crippen molar-refractivity contribution in [3.63, 3.8) is 0 Å². The Morgan fingerprint density at radius 1 is 0.963 bits per heavy atom. The number of urea groups is 1. The molecular weight excluding hydrogens is 338 g/mol. The van der Waals surface area contributed by atoms with E-state index >= 15 is 0 Å². The molecule has 1 atom stereocenters. The number of para-hydroxylation sites is 1. The van der Waals surface area contributed by atoms with Gasteiger partial charge in [-0.05, 0) is 36.6 Å². The quantitative estimate of drug-likeness (QED) is 0.904. The molecule has 2 aromatic rings. The number of carbonyl (C=O) groups is 1. The van der Waals surface area contributed by atoms with Gasteiger partial charge >= 0.3 is 6.03 Å². The normalized spacial score (nSPS) is 20.0. The topological polar surface area (TPSA) is 51.7 Å². The fourth-order valence-electron chi connectivity index (χ4n) is 3.92. The number of hydrogen-bond donors (Lipinski definition) is 1. The Bertz CT molecular complexity index is 731. The molecule has 0 spiro atoms. The zero-order chi connectivity index (χ0) is 18.5. The van der Waals surface area contributed by atoms with Crippen molar-refractivity contribution in [3.8, 4) is 0 Å². The molecule has 2 amide bonds. The molecule has 1 aromatic heterocycles. The SMILES string of the molecule is O=C(NC[C@@H]1CCN(c2ccccc2)C1)N1CCN(c2cccnc2)CC1. The first kappa shape index (κ1) is 17.6. The molecule has 0 bridgehead atoms. The molecule has 6 heteroatoms. The van der Waals surface area contributed by atoms with Crippen LogP contribution in [0.1, 0.15) is 6.42 Å². The van der Waals surface area contributed by atoms with E-state index in [9.17, 15) is 4.79 Å². The van der Waals surface area contributed by atoms with Gasteiger partial charge in [0.05, 0.1) is 11.9 Å². The minimum Gasteiger partial charge on any atom is -0.371 e. The standard InChI is InChI=1S/C21H27N5O/c27-21(25-13-11-24(12-14-25)20-7-4-9-22-16-20)23-15-18-8-10-26(17-18)19-5-2-1-3-6-19/h1-7,9,16,18H,8,10-15,17H2,(H,23,27)/t18-/m0/s1. The third kappa shape index (κ3) is 4.32. The van der Waals surface area contributed by atoms with Crippen molar-refractivity contribution in [1.82, 2.24) is 15.2 Å². The van der Waals surface area contributed by atoms with Gasteiger partial charge in [0.25, 0.3) is 0 Å². The number of pyridine rings is 1. The van der Waals surface area contributed by atoms with Crippen LogP contribution in [0.15, 0.2) is 54.9 Å². The average Bonchev–Trinajstić information content (AvgIpc) is 3.22. The van der Waals surface area contributed by atoms with Gasteiger partial charge in [-0.25, -0.2) is 4.79 Å². The number of nitrogens with one attached hydrogen (secondary N) is 1. The Labute approximate surface area is 160 Å². The van der Waals surface area contributed by atoms with Crippen LogP contribution in [0.4, 0.5) is 16.2 Å². The van der Waals surface area contributed by atoms with Gasteiger partial charge in [0.1, 0.15) is 0 Å². The number of nitrogens with zero attached hydrogens (tertiary/aromatic N) is 4. The van der Waals surface area contributed by atoms with E-state index in [-0.39, 0.29) is 6.03 Å². The van der Waals surface area contributed by atoms with Crippen LogP contribution in [0.3, 0.4) is 0 Å². The monoisotopic (exact) mass is 365 g/mol. The Morgan fingerprint density at radius 2 is 1.74 bits per heavy atom. The molecule has 2 aliphatic rings. The lowest BCUT2D eigenvalue weighted by molar-refractivity contribution is 0.193. The number of anilines is 2. The van der Waals surface area contributed by atoms with E-state index in [1.165, 1.54) is 5.69 Å². The van der Waals surface area contributed by atoms with E-state index in [4.69, 9.17) is 0 Å². The summed E-state index contributed by atoms with van der Waals surface area (Å²) >= 11 is 0. The largest absolute Gasteiger partial charge is 0.371 e. The maximum Gasteiger partial charge on any atom is 0.317 e. The van der Waals surface area contributed by atoms with E-state index in [0.717, 1.165) is 57.9 Å². The molecule has 0 radical (unpaired) electrons. The number of amides is 2. The summed E-state index contributed by atoms with van der Waals surface area (Å²) in [4.78, 5) is 23.3. The van der Waals surface area contributed by atoms with Gasteiger partial charge in [-0.3, -0.25) is 4.98 Å². The highest BCUT2D eigenvalue weighted by Crippen LogP contribution is 2.23. The molecule has 0 aliphatic carbocycles. The number of rotatable bonds is 4. The number of piperazine rings is 1. The molecule has 2 aliphatic heterocycles. The molecule has 1 N–H and O–H groups in total. The van der Waals surface area contributed by atoms with E-state index < -0.39 is 0 Å². The zero-order valence-electron chi connectivity index (χ0n) is 15.6. The van der Waals surface area contributed by atoms with Crippen molar-refractivity contribution in [2.75, 3.05) is 55.6 Å². The van der Waals surface area contributed by atoms with Crippen molar-refractivity contribution in [3.05, 3.63) is 54.9 Å². The van der Waals surface area contributed by atoms with E-state index in [1.807, 2.05) is 23.2 Å². The highest BCUT2D eigenvalue weighted by molar-refractivity contribution is 5.74. The average molecular weight is 365 g/mol. The van der Waals surface area contributed by atoms with Gasteiger partial charge in [-0.1, -0.05) is 18.2 Å². The Kier molecular flexibility index (Phi) is 5.42. The lowest BCUT2D eigenvalue weighted by Gasteiger charge is -2.36. The van der Waals surface area contributed by atoms with Crippen LogP contribution in [0.2, 0.25) is 0 Å². The van der Waals surface area contributed by atoms with Gasteiger partial charge in [0.15, 0.2) is 0 Å². The molecule has 27 heavy (non-hydrogen) atoms. The smallest absolute Gasteiger partial charge is 0.317 e. The summed E-state index contributed by atoms with van der Waals surface area (Å²) in [6.45, 7) is 6.04. The van der Waals surface area contributed by atoms with Gasteiger partial charge in [-0.2, -0.15) is 0 Å². The van der Waals surface area contributed by atoms with Gasteiger partial charge in [-0.15, -0.1) is 0 Å². The number of benzene rings is 1. The summed E-state index contributed by atoms with van der Waals surface area (Å²) < 4.78 is 0. The summed E-state index contributed by atoms with van der Waals surface area (Å²) in [6, 6.07) is 14.6. The Balaban J connectivity index is 1.20. The highest BCUT2D eigenvalue weighted by atomic mass is 16.2. The van der Waals surface area contributed by atoms with Crippen molar-refractivity contribution in [1.29, 1.82) is 0 Å². The summed E-state index contributed by atoms with van der Waals surface area (Å²) in [5.74, 6) is 0.519. The lowest BCUT2D eigenvalue weighted by Crippen LogP contribution is -2.52.